The van der Waals surface area contributed by atoms with Crippen LogP contribution in [-0.2, 0) is 32.9 Å². The van der Waals surface area contributed by atoms with Crippen molar-refractivity contribution in [3.05, 3.63) is 38.4 Å². The van der Waals surface area contributed by atoms with Crippen LogP contribution in [-0.4, -0.2) is 24.2 Å². The summed E-state index contributed by atoms with van der Waals surface area (Å²) in [5, 5.41) is 14.7. The van der Waals surface area contributed by atoms with E-state index in [0.29, 0.717) is 10.6 Å². The molecular weight excluding hydrogens is 388 g/mol. The van der Waals surface area contributed by atoms with Crippen molar-refractivity contribution in [2.24, 2.45) is 0 Å². The molecule has 0 radical (unpaired) electrons. The number of carbonyl (C=O) groups excluding carboxylic acids is 2. The molecule has 0 saturated carbocycles. The molecule has 1 N–H and O–H groups in total. The lowest BCUT2D eigenvalue weighted by atomic mass is 9.96. The van der Waals surface area contributed by atoms with Gasteiger partial charge in [-0.15, -0.1) is 34.4 Å². The van der Waals surface area contributed by atoms with Gasteiger partial charge in [-0.05, 0) is 42.7 Å². The Bertz CT molecular complexity index is 822. The first-order valence-corrected chi connectivity index (χ1v) is 11.1. The number of thiophene rings is 2. The van der Waals surface area contributed by atoms with Crippen LogP contribution in [0.15, 0.2) is 17.5 Å². The highest BCUT2D eigenvalue weighted by molar-refractivity contribution is 7.99. The maximum absolute atomic E-state index is 12.1. The number of anilines is 1. The van der Waals surface area contributed by atoms with E-state index in [1.165, 1.54) is 32.9 Å². The highest BCUT2D eigenvalue weighted by Crippen LogP contribution is 2.37. The smallest absolute Gasteiger partial charge is 0.316 e. The summed E-state index contributed by atoms with van der Waals surface area (Å²) in [6, 6.07) is 6.19. The molecule has 0 spiro atoms. The van der Waals surface area contributed by atoms with Crippen LogP contribution in [0.2, 0.25) is 0 Å². The lowest BCUT2D eigenvalue weighted by molar-refractivity contribution is -0.144. The lowest BCUT2D eigenvalue weighted by Gasteiger charge is -2.09. The van der Waals surface area contributed by atoms with Crippen molar-refractivity contribution in [1.29, 1.82) is 5.26 Å². The molecule has 2 heterocycles. The second-order valence-electron chi connectivity index (χ2n) is 5.81. The molecule has 2 aromatic rings. The van der Waals surface area contributed by atoms with Gasteiger partial charge in [0.2, 0.25) is 0 Å². The summed E-state index contributed by atoms with van der Waals surface area (Å²) in [4.78, 5) is 26.2. The molecule has 1 aliphatic rings. The number of carbonyl (C=O) groups is 2. The molecule has 1 amide bonds. The lowest BCUT2D eigenvalue weighted by Crippen LogP contribution is -2.21. The van der Waals surface area contributed by atoms with Crippen molar-refractivity contribution in [3.63, 3.8) is 0 Å². The Labute approximate surface area is 164 Å². The van der Waals surface area contributed by atoms with E-state index >= 15 is 0 Å². The van der Waals surface area contributed by atoms with E-state index in [0.717, 1.165) is 37.0 Å². The fourth-order valence-corrected chi connectivity index (χ4v) is 5.67. The first-order valence-electron chi connectivity index (χ1n) is 8.27. The quantitative estimate of drug-likeness (QED) is 0.704. The van der Waals surface area contributed by atoms with Crippen LogP contribution >= 0.6 is 34.4 Å². The zero-order valence-electron chi connectivity index (χ0n) is 14.1. The number of amides is 1. The number of thioether (sulfide) groups is 1. The van der Waals surface area contributed by atoms with E-state index in [4.69, 9.17) is 4.74 Å². The van der Waals surface area contributed by atoms with Crippen LogP contribution in [0, 0.1) is 11.3 Å². The minimum absolute atomic E-state index is 0.210. The number of esters is 1. The maximum Gasteiger partial charge on any atom is 0.316 e. The van der Waals surface area contributed by atoms with Gasteiger partial charge in [0.1, 0.15) is 11.1 Å². The van der Waals surface area contributed by atoms with E-state index in [2.05, 4.69) is 11.4 Å². The van der Waals surface area contributed by atoms with Crippen molar-refractivity contribution < 1.29 is 14.3 Å². The summed E-state index contributed by atoms with van der Waals surface area (Å²) in [5.41, 5.74) is 1.64. The average molecular weight is 407 g/mol. The summed E-state index contributed by atoms with van der Waals surface area (Å²) >= 11 is 4.57. The molecule has 0 aromatic carbocycles. The molecule has 1 aliphatic carbocycles. The molecule has 5 nitrogen and oxygen atoms in total. The Morgan fingerprint density at radius 2 is 2.19 bits per heavy atom. The monoisotopic (exact) mass is 406 g/mol. The summed E-state index contributed by atoms with van der Waals surface area (Å²) in [5.74, 6) is 0.150. The number of aryl methyl sites for hydroxylation is 1. The van der Waals surface area contributed by atoms with Gasteiger partial charge in [-0.2, -0.15) is 5.26 Å². The van der Waals surface area contributed by atoms with Gasteiger partial charge in [0.25, 0.3) is 5.91 Å². The molecule has 0 bridgehead atoms. The van der Waals surface area contributed by atoms with Crippen molar-refractivity contribution in [2.75, 3.05) is 17.7 Å². The zero-order valence-corrected chi connectivity index (χ0v) is 16.5. The van der Waals surface area contributed by atoms with Crippen LogP contribution in [0.3, 0.4) is 0 Å². The van der Waals surface area contributed by atoms with E-state index in [9.17, 15) is 14.9 Å². The third kappa shape index (κ3) is 4.87. The Kier molecular flexibility index (Phi) is 6.72. The van der Waals surface area contributed by atoms with E-state index in [-0.39, 0.29) is 12.4 Å². The number of hydrogen-bond acceptors (Lipinski definition) is 7. The van der Waals surface area contributed by atoms with E-state index < -0.39 is 11.9 Å². The van der Waals surface area contributed by atoms with Crippen LogP contribution in [0.1, 0.15) is 33.7 Å². The number of hydrogen-bond donors (Lipinski definition) is 1. The average Bonchev–Trinajstić information content (AvgIpc) is 3.27. The molecule has 0 saturated heterocycles. The highest BCUT2D eigenvalue weighted by atomic mass is 32.2. The number of rotatable bonds is 7. The molecule has 136 valence electrons. The largest absolute Gasteiger partial charge is 0.455 e. The Balaban J connectivity index is 1.45. The zero-order chi connectivity index (χ0) is 18.4. The third-order valence-electron chi connectivity index (χ3n) is 3.94. The summed E-state index contributed by atoms with van der Waals surface area (Å²) in [6.45, 7) is -0.328. The molecule has 8 heteroatoms. The molecule has 0 atom stereocenters. The predicted octanol–water partition coefficient (Wildman–Crippen LogP) is 3.98. The Hall–Kier alpha value is -1.82. The highest BCUT2D eigenvalue weighted by Gasteiger charge is 2.22. The van der Waals surface area contributed by atoms with Crippen molar-refractivity contribution >= 4 is 51.3 Å². The van der Waals surface area contributed by atoms with Crippen molar-refractivity contribution in [3.8, 4) is 6.07 Å². The normalized spacial score (nSPS) is 12.9. The Morgan fingerprint density at radius 3 is 2.96 bits per heavy atom. The van der Waals surface area contributed by atoms with Crippen LogP contribution in [0.4, 0.5) is 5.00 Å². The molecule has 26 heavy (non-hydrogen) atoms. The van der Waals surface area contributed by atoms with Crippen molar-refractivity contribution in [2.45, 2.75) is 31.4 Å². The molecule has 3 rings (SSSR count). The first kappa shape index (κ1) is 19.0. The van der Waals surface area contributed by atoms with Gasteiger partial charge in [0.15, 0.2) is 6.61 Å². The molecule has 0 aliphatic heterocycles. The van der Waals surface area contributed by atoms with Gasteiger partial charge in [0.05, 0.1) is 11.3 Å². The minimum atomic E-state index is -0.410. The van der Waals surface area contributed by atoms with Gasteiger partial charge in [-0.3, -0.25) is 9.59 Å². The van der Waals surface area contributed by atoms with Crippen molar-refractivity contribution in [1.82, 2.24) is 0 Å². The summed E-state index contributed by atoms with van der Waals surface area (Å²) in [7, 11) is 0. The van der Waals surface area contributed by atoms with Crippen LogP contribution < -0.4 is 5.32 Å². The van der Waals surface area contributed by atoms with Gasteiger partial charge < -0.3 is 10.1 Å². The summed E-state index contributed by atoms with van der Waals surface area (Å²) in [6.07, 6.45) is 4.04. The van der Waals surface area contributed by atoms with Gasteiger partial charge in [-0.25, -0.2) is 0 Å². The van der Waals surface area contributed by atoms with Gasteiger partial charge in [0, 0.05) is 15.5 Å². The number of nitrogens with zero attached hydrogens (tertiary/aromatic N) is 1. The SMILES string of the molecule is N#Cc1c(NC(=O)COC(=O)CSCc2cccs2)sc2c1CCCC2. The molecular formula is C18H18N2O3S3. The number of nitrogens with one attached hydrogen (secondary N) is 1. The first-order chi connectivity index (χ1) is 12.7. The molecule has 0 fully saturated rings. The number of ether oxygens (including phenoxy) is 1. The van der Waals surface area contributed by atoms with Crippen LogP contribution in [0.25, 0.3) is 0 Å². The topological polar surface area (TPSA) is 79.2 Å². The summed E-state index contributed by atoms with van der Waals surface area (Å²) < 4.78 is 5.02. The standard InChI is InChI=1S/C18H18N2O3S3/c19-8-14-13-5-1-2-6-15(13)26-18(14)20-16(21)9-23-17(22)11-24-10-12-4-3-7-25-12/h3-4,7H,1-2,5-6,9-11H2,(H,20,21). The molecule has 2 aromatic heterocycles. The minimum Gasteiger partial charge on any atom is -0.455 e. The fourth-order valence-electron chi connectivity index (χ4n) is 2.75. The van der Waals surface area contributed by atoms with Gasteiger partial charge >= 0.3 is 5.97 Å². The number of nitriles is 1. The predicted molar refractivity (Wildman–Crippen MR) is 106 cm³/mol. The van der Waals surface area contributed by atoms with E-state index in [1.54, 1.807) is 11.3 Å². The second kappa shape index (κ2) is 9.21. The van der Waals surface area contributed by atoms with Gasteiger partial charge in [-0.1, -0.05) is 6.07 Å². The maximum atomic E-state index is 12.1. The van der Waals surface area contributed by atoms with Crippen LogP contribution in [0.5, 0.6) is 0 Å². The van der Waals surface area contributed by atoms with E-state index in [1.807, 2.05) is 17.5 Å². The molecule has 0 unspecified atom stereocenters. The second-order valence-corrected chi connectivity index (χ2v) is 8.93. The fraction of sp³-hybridized carbons (Fsp3) is 0.389. The third-order valence-corrected chi connectivity index (χ3v) is 7.17. The number of fused-ring (bicyclic) bond motifs is 1. The Morgan fingerprint density at radius 1 is 1.35 bits per heavy atom.